The molecular formula is C28H37N3O2. The summed E-state index contributed by atoms with van der Waals surface area (Å²) in [6, 6.07) is 15.8. The molecule has 2 aromatic carbocycles. The lowest BCUT2D eigenvalue weighted by Crippen LogP contribution is -2.39. The summed E-state index contributed by atoms with van der Waals surface area (Å²) in [6.45, 7) is 7.87. The molecular weight excluding hydrogens is 410 g/mol. The number of likely N-dealkylation sites (tertiary alicyclic amines) is 1. The van der Waals surface area contributed by atoms with Crippen LogP contribution in [0, 0.1) is 5.92 Å². The number of rotatable bonds is 6. The van der Waals surface area contributed by atoms with E-state index in [1.165, 1.54) is 6.42 Å². The molecule has 176 valence electrons. The van der Waals surface area contributed by atoms with Crippen LogP contribution in [0.1, 0.15) is 74.2 Å². The van der Waals surface area contributed by atoms with Gasteiger partial charge in [0.25, 0.3) is 5.91 Å². The van der Waals surface area contributed by atoms with Gasteiger partial charge in [0.1, 0.15) is 0 Å². The van der Waals surface area contributed by atoms with E-state index < -0.39 is 0 Å². The van der Waals surface area contributed by atoms with Crippen molar-refractivity contribution in [2.24, 2.45) is 5.92 Å². The van der Waals surface area contributed by atoms with E-state index in [1.807, 2.05) is 60.4 Å². The van der Waals surface area contributed by atoms with Crippen LogP contribution < -0.4 is 10.2 Å². The fourth-order valence-corrected chi connectivity index (χ4v) is 5.06. The van der Waals surface area contributed by atoms with Gasteiger partial charge in [0.15, 0.2) is 0 Å². The maximum atomic E-state index is 13.6. The standard InChI is InChI=1S/C28H37N3O2/c1-3-24(22-10-6-4-7-11-22)27(32)29-23-12-13-26(30-16-8-5-9-17-30)25(20-23)28(33)31-18-14-21(2)15-19-31/h4,6-7,10-13,20-21,24H,3,5,8-9,14-19H2,1-2H3,(H,29,32). The molecule has 0 aliphatic carbocycles. The lowest BCUT2D eigenvalue weighted by atomic mass is 9.95. The van der Waals surface area contributed by atoms with Crippen molar-refractivity contribution >= 4 is 23.2 Å². The minimum Gasteiger partial charge on any atom is -0.371 e. The van der Waals surface area contributed by atoms with Crippen LogP contribution >= 0.6 is 0 Å². The first-order valence-corrected chi connectivity index (χ1v) is 12.6. The normalized spacial score (nSPS) is 18.1. The van der Waals surface area contributed by atoms with Crippen LogP contribution in [0.3, 0.4) is 0 Å². The van der Waals surface area contributed by atoms with E-state index in [2.05, 4.69) is 17.1 Å². The number of carbonyl (C=O) groups is 2. The molecule has 0 aromatic heterocycles. The van der Waals surface area contributed by atoms with Crippen molar-refractivity contribution in [1.82, 2.24) is 4.90 Å². The van der Waals surface area contributed by atoms with Crippen molar-refractivity contribution in [3.05, 3.63) is 59.7 Å². The highest BCUT2D eigenvalue weighted by Crippen LogP contribution is 2.30. The molecule has 33 heavy (non-hydrogen) atoms. The highest BCUT2D eigenvalue weighted by atomic mass is 16.2. The third-order valence-electron chi connectivity index (χ3n) is 7.19. The van der Waals surface area contributed by atoms with Crippen LogP contribution in [0.25, 0.3) is 0 Å². The lowest BCUT2D eigenvalue weighted by molar-refractivity contribution is -0.117. The molecule has 5 heteroatoms. The molecule has 4 rings (SSSR count). The summed E-state index contributed by atoms with van der Waals surface area (Å²) < 4.78 is 0. The van der Waals surface area contributed by atoms with Gasteiger partial charge in [-0.05, 0) is 68.2 Å². The average molecular weight is 448 g/mol. The van der Waals surface area contributed by atoms with Crippen LogP contribution in [0.2, 0.25) is 0 Å². The van der Waals surface area contributed by atoms with Crippen molar-refractivity contribution < 1.29 is 9.59 Å². The van der Waals surface area contributed by atoms with E-state index in [9.17, 15) is 9.59 Å². The van der Waals surface area contributed by atoms with Gasteiger partial charge in [-0.1, -0.05) is 44.2 Å². The SMILES string of the molecule is CCC(C(=O)Nc1ccc(N2CCCCC2)c(C(=O)N2CCC(C)CC2)c1)c1ccccc1. The number of anilines is 2. The molecule has 0 radical (unpaired) electrons. The number of nitrogens with one attached hydrogen (secondary N) is 1. The second kappa shape index (κ2) is 10.9. The van der Waals surface area contributed by atoms with Gasteiger partial charge in [0, 0.05) is 37.6 Å². The van der Waals surface area contributed by atoms with E-state index in [0.717, 1.165) is 75.1 Å². The smallest absolute Gasteiger partial charge is 0.256 e. The van der Waals surface area contributed by atoms with E-state index >= 15 is 0 Å². The summed E-state index contributed by atoms with van der Waals surface area (Å²) in [4.78, 5) is 31.1. The fraction of sp³-hybridized carbons (Fsp3) is 0.500. The lowest BCUT2D eigenvalue weighted by Gasteiger charge is -2.34. The molecule has 1 atom stereocenters. The molecule has 2 aliphatic heterocycles. The Kier molecular flexibility index (Phi) is 7.69. The average Bonchev–Trinajstić information content (AvgIpc) is 2.86. The molecule has 1 unspecified atom stereocenters. The third-order valence-corrected chi connectivity index (χ3v) is 7.19. The van der Waals surface area contributed by atoms with Gasteiger partial charge in [0.2, 0.25) is 5.91 Å². The molecule has 0 spiro atoms. The Morgan fingerprint density at radius 1 is 0.970 bits per heavy atom. The maximum Gasteiger partial charge on any atom is 0.256 e. The Morgan fingerprint density at radius 2 is 1.67 bits per heavy atom. The van der Waals surface area contributed by atoms with Crippen molar-refractivity contribution in [3.8, 4) is 0 Å². The van der Waals surface area contributed by atoms with Gasteiger partial charge in [-0.25, -0.2) is 0 Å². The number of carbonyl (C=O) groups excluding carboxylic acids is 2. The monoisotopic (exact) mass is 447 g/mol. The Morgan fingerprint density at radius 3 is 2.33 bits per heavy atom. The summed E-state index contributed by atoms with van der Waals surface area (Å²) in [5.41, 5.74) is 3.44. The Hall–Kier alpha value is -2.82. The van der Waals surface area contributed by atoms with Crippen LogP contribution in [0.4, 0.5) is 11.4 Å². The van der Waals surface area contributed by atoms with Crippen LogP contribution in [0.5, 0.6) is 0 Å². The molecule has 0 bridgehead atoms. The molecule has 1 N–H and O–H groups in total. The van der Waals surface area contributed by atoms with Crippen molar-refractivity contribution in [2.75, 3.05) is 36.4 Å². The number of amides is 2. The van der Waals surface area contributed by atoms with Gasteiger partial charge in [0.05, 0.1) is 11.5 Å². The highest BCUT2D eigenvalue weighted by Gasteiger charge is 2.26. The molecule has 2 aliphatic rings. The van der Waals surface area contributed by atoms with Gasteiger partial charge in [-0.15, -0.1) is 0 Å². The number of hydrogen-bond acceptors (Lipinski definition) is 3. The summed E-state index contributed by atoms with van der Waals surface area (Å²) in [6.07, 6.45) is 6.38. The molecule has 2 heterocycles. The molecule has 5 nitrogen and oxygen atoms in total. The second-order valence-corrected chi connectivity index (χ2v) is 9.62. The summed E-state index contributed by atoms with van der Waals surface area (Å²) in [7, 11) is 0. The topological polar surface area (TPSA) is 52.7 Å². The van der Waals surface area contributed by atoms with E-state index in [1.54, 1.807) is 0 Å². The van der Waals surface area contributed by atoms with Gasteiger partial charge in [-0.2, -0.15) is 0 Å². The van der Waals surface area contributed by atoms with Crippen molar-refractivity contribution in [3.63, 3.8) is 0 Å². The zero-order chi connectivity index (χ0) is 23.2. The van der Waals surface area contributed by atoms with E-state index in [-0.39, 0.29) is 17.7 Å². The highest BCUT2D eigenvalue weighted by molar-refractivity contribution is 6.03. The van der Waals surface area contributed by atoms with E-state index in [0.29, 0.717) is 11.6 Å². The molecule has 2 fully saturated rings. The predicted molar refractivity (Wildman–Crippen MR) is 135 cm³/mol. The number of hydrogen-bond donors (Lipinski definition) is 1. The third kappa shape index (κ3) is 5.58. The number of nitrogens with zero attached hydrogens (tertiary/aromatic N) is 2. The first kappa shape index (κ1) is 23.3. The van der Waals surface area contributed by atoms with Crippen LogP contribution in [-0.4, -0.2) is 42.9 Å². The van der Waals surface area contributed by atoms with Gasteiger partial charge >= 0.3 is 0 Å². The number of piperidine rings is 2. The van der Waals surface area contributed by atoms with Crippen LogP contribution in [-0.2, 0) is 4.79 Å². The summed E-state index contributed by atoms with van der Waals surface area (Å²) >= 11 is 0. The summed E-state index contributed by atoms with van der Waals surface area (Å²) in [5, 5.41) is 3.10. The summed E-state index contributed by atoms with van der Waals surface area (Å²) in [5.74, 6) is 0.522. The minimum atomic E-state index is -0.212. The first-order valence-electron chi connectivity index (χ1n) is 12.6. The Balaban J connectivity index is 1.59. The van der Waals surface area contributed by atoms with Crippen molar-refractivity contribution in [1.29, 1.82) is 0 Å². The quantitative estimate of drug-likeness (QED) is 0.620. The second-order valence-electron chi connectivity index (χ2n) is 9.62. The first-order chi connectivity index (χ1) is 16.1. The molecule has 2 aromatic rings. The maximum absolute atomic E-state index is 13.6. The van der Waals surface area contributed by atoms with Gasteiger partial charge < -0.3 is 15.1 Å². The Bertz CT molecular complexity index is 945. The number of benzene rings is 2. The van der Waals surface area contributed by atoms with E-state index in [4.69, 9.17) is 0 Å². The molecule has 2 saturated heterocycles. The van der Waals surface area contributed by atoms with Crippen LogP contribution in [0.15, 0.2) is 48.5 Å². The molecule has 2 amide bonds. The van der Waals surface area contributed by atoms with Gasteiger partial charge in [-0.3, -0.25) is 9.59 Å². The Labute approximate surface area is 198 Å². The predicted octanol–water partition coefficient (Wildman–Crippen LogP) is 5.68. The minimum absolute atomic E-state index is 0.0281. The molecule has 0 saturated carbocycles. The zero-order valence-electron chi connectivity index (χ0n) is 20.1. The zero-order valence-corrected chi connectivity index (χ0v) is 20.1. The largest absolute Gasteiger partial charge is 0.371 e. The van der Waals surface area contributed by atoms with Crippen molar-refractivity contribution in [2.45, 2.75) is 58.3 Å². The fourth-order valence-electron chi connectivity index (χ4n) is 5.06.